The summed E-state index contributed by atoms with van der Waals surface area (Å²) in [7, 11) is -3.66. The van der Waals surface area contributed by atoms with E-state index in [0.29, 0.717) is 0 Å². The third-order valence-corrected chi connectivity index (χ3v) is 5.55. The average Bonchev–Trinajstić information content (AvgIpc) is 2.49. The van der Waals surface area contributed by atoms with Gasteiger partial charge in [0.1, 0.15) is 5.82 Å². The van der Waals surface area contributed by atoms with Crippen LogP contribution in [0.25, 0.3) is 0 Å². The first kappa shape index (κ1) is 16.4. The summed E-state index contributed by atoms with van der Waals surface area (Å²) in [4.78, 5) is 10.9. The van der Waals surface area contributed by atoms with Gasteiger partial charge in [0.15, 0.2) is 0 Å². The first-order valence-electron chi connectivity index (χ1n) is 6.72. The number of halogens is 1. The summed E-state index contributed by atoms with van der Waals surface area (Å²) >= 11 is 0. The highest BCUT2D eigenvalue weighted by molar-refractivity contribution is 7.88. The van der Waals surface area contributed by atoms with Gasteiger partial charge < -0.3 is 5.11 Å². The zero-order chi connectivity index (χ0) is 16.3. The van der Waals surface area contributed by atoms with Gasteiger partial charge in [0.05, 0.1) is 23.3 Å². The molecule has 0 unspecified atom stereocenters. The van der Waals surface area contributed by atoms with Crippen LogP contribution in [0.3, 0.4) is 0 Å². The molecule has 6 nitrogen and oxygen atoms in total. The number of aliphatic carboxylic acids is 1. The number of carboxylic acid groups (broad SMARTS) is 1. The Morgan fingerprint density at radius 3 is 2.59 bits per heavy atom. The lowest BCUT2D eigenvalue weighted by atomic mass is 9.99. The number of nitrogens with zero attached hydrogens (tertiary/aromatic N) is 2. The van der Waals surface area contributed by atoms with E-state index in [1.165, 1.54) is 10.4 Å². The van der Waals surface area contributed by atoms with Crippen LogP contribution in [0.15, 0.2) is 18.2 Å². The fraction of sp³-hybridized carbons (Fsp3) is 0.429. The number of hydrogen-bond donors (Lipinski definition) is 1. The molecule has 2 rings (SSSR count). The second kappa shape index (κ2) is 6.42. The molecule has 1 heterocycles. The van der Waals surface area contributed by atoms with E-state index in [1.54, 1.807) is 6.07 Å². The molecule has 0 amide bonds. The lowest BCUT2D eigenvalue weighted by Gasteiger charge is -2.29. The van der Waals surface area contributed by atoms with Crippen LogP contribution in [-0.4, -0.2) is 36.9 Å². The van der Waals surface area contributed by atoms with Gasteiger partial charge in [0.2, 0.25) is 10.0 Å². The van der Waals surface area contributed by atoms with Crippen LogP contribution in [-0.2, 0) is 20.6 Å². The average molecular weight is 326 g/mol. The second-order valence-electron chi connectivity index (χ2n) is 5.18. The number of benzene rings is 1. The lowest BCUT2D eigenvalue weighted by molar-refractivity contribution is -0.142. The van der Waals surface area contributed by atoms with Crippen LogP contribution in [0.5, 0.6) is 0 Å². The van der Waals surface area contributed by atoms with Crippen LogP contribution in [0.4, 0.5) is 4.39 Å². The van der Waals surface area contributed by atoms with Crippen molar-refractivity contribution in [2.45, 2.75) is 18.6 Å². The number of piperidine rings is 1. The van der Waals surface area contributed by atoms with Crippen molar-refractivity contribution in [3.63, 3.8) is 0 Å². The van der Waals surface area contributed by atoms with Gasteiger partial charge in [-0.1, -0.05) is 6.07 Å². The first-order valence-corrected chi connectivity index (χ1v) is 8.33. The highest BCUT2D eigenvalue weighted by atomic mass is 32.2. The maximum Gasteiger partial charge on any atom is 0.306 e. The van der Waals surface area contributed by atoms with E-state index in [1.807, 2.05) is 0 Å². The number of hydrogen-bond acceptors (Lipinski definition) is 4. The van der Waals surface area contributed by atoms with E-state index in [4.69, 9.17) is 10.4 Å². The molecule has 1 saturated heterocycles. The molecule has 0 spiro atoms. The quantitative estimate of drug-likeness (QED) is 0.900. The molecule has 8 heteroatoms. The van der Waals surface area contributed by atoms with Crippen LogP contribution in [0.2, 0.25) is 0 Å². The minimum atomic E-state index is -3.66. The molecule has 0 radical (unpaired) electrons. The normalized spacial score (nSPS) is 17.1. The number of carboxylic acids is 1. The van der Waals surface area contributed by atoms with E-state index in [-0.39, 0.29) is 37.1 Å². The van der Waals surface area contributed by atoms with Gasteiger partial charge in [-0.3, -0.25) is 4.79 Å². The van der Waals surface area contributed by atoms with E-state index in [2.05, 4.69) is 0 Å². The Balaban J connectivity index is 2.13. The number of rotatable bonds is 4. The summed E-state index contributed by atoms with van der Waals surface area (Å²) in [5, 5.41) is 17.9. The molecule has 1 fully saturated rings. The third kappa shape index (κ3) is 3.61. The molecule has 0 bridgehead atoms. The monoisotopic (exact) mass is 326 g/mol. The largest absolute Gasteiger partial charge is 0.481 e. The van der Waals surface area contributed by atoms with Gasteiger partial charge >= 0.3 is 5.97 Å². The molecule has 1 aromatic rings. The maximum atomic E-state index is 13.1. The van der Waals surface area contributed by atoms with Gasteiger partial charge in [-0.2, -0.15) is 5.26 Å². The SMILES string of the molecule is N#Cc1cc(F)ccc1CS(=O)(=O)N1CCC(C(=O)O)CC1. The zero-order valence-corrected chi connectivity index (χ0v) is 12.5. The molecule has 118 valence electrons. The zero-order valence-electron chi connectivity index (χ0n) is 11.7. The molecule has 0 atom stereocenters. The second-order valence-corrected chi connectivity index (χ2v) is 7.15. The van der Waals surface area contributed by atoms with Crippen molar-refractivity contribution in [2.24, 2.45) is 5.92 Å². The Morgan fingerprint density at radius 1 is 1.41 bits per heavy atom. The molecule has 0 saturated carbocycles. The van der Waals surface area contributed by atoms with Gasteiger partial charge in [-0.25, -0.2) is 17.1 Å². The van der Waals surface area contributed by atoms with Crippen molar-refractivity contribution in [3.05, 3.63) is 35.1 Å². The Hall–Kier alpha value is -1.98. The molecular formula is C14H15FN2O4S. The van der Waals surface area contributed by atoms with E-state index >= 15 is 0 Å². The molecular weight excluding hydrogens is 311 g/mol. The van der Waals surface area contributed by atoms with Gasteiger partial charge in [-0.15, -0.1) is 0 Å². The standard InChI is InChI=1S/C14H15FN2O4S/c15-13-2-1-11(12(7-13)8-16)9-22(20,21)17-5-3-10(4-6-17)14(18)19/h1-2,7,10H,3-6,9H2,(H,18,19). The topological polar surface area (TPSA) is 98.5 Å². The van der Waals surface area contributed by atoms with E-state index in [9.17, 15) is 17.6 Å². The predicted octanol–water partition coefficient (Wildman–Crippen LogP) is 1.32. The lowest BCUT2D eigenvalue weighted by Crippen LogP contribution is -2.40. The van der Waals surface area contributed by atoms with Crippen LogP contribution < -0.4 is 0 Å². The summed E-state index contributed by atoms with van der Waals surface area (Å²) in [5.74, 6) is -2.43. The van der Waals surface area contributed by atoms with Gasteiger partial charge in [-0.05, 0) is 30.5 Å². The Morgan fingerprint density at radius 2 is 2.05 bits per heavy atom. The van der Waals surface area contributed by atoms with Crippen LogP contribution in [0.1, 0.15) is 24.0 Å². The molecule has 0 aliphatic carbocycles. The summed E-state index contributed by atoms with van der Waals surface area (Å²) in [6.07, 6.45) is 0.534. The van der Waals surface area contributed by atoms with Crippen molar-refractivity contribution in [3.8, 4) is 6.07 Å². The molecule has 22 heavy (non-hydrogen) atoms. The first-order chi connectivity index (χ1) is 10.3. The predicted molar refractivity (Wildman–Crippen MR) is 75.7 cm³/mol. The van der Waals surface area contributed by atoms with Crippen LogP contribution >= 0.6 is 0 Å². The summed E-state index contributed by atoms with van der Waals surface area (Å²) in [6, 6.07) is 5.19. The smallest absolute Gasteiger partial charge is 0.306 e. The van der Waals surface area contributed by atoms with E-state index < -0.39 is 33.5 Å². The fourth-order valence-electron chi connectivity index (χ4n) is 2.45. The van der Waals surface area contributed by atoms with Crippen LogP contribution in [0, 0.1) is 23.1 Å². The van der Waals surface area contributed by atoms with E-state index in [0.717, 1.165) is 12.1 Å². The molecule has 0 aromatic heterocycles. The van der Waals surface area contributed by atoms with Crippen molar-refractivity contribution in [1.29, 1.82) is 5.26 Å². The molecule has 1 aliphatic rings. The minimum Gasteiger partial charge on any atom is -0.481 e. The Labute approximate surface area is 127 Å². The molecule has 1 aromatic carbocycles. The van der Waals surface area contributed by atoms with Crippen molar-refractivity contribution < 1.29 is 22.7 Å². The maximum absolute atomic E-state index is 13.1. The van der Waals surface area contributed by atoms with Crippen molar-refractivity contribution in [2.75, 3.05) is 13.1 Å². The van der Waals surface area contributed by atoms with Gasteiger partial charge in [0.25, 0.3) is 0 Å². The molecule has 1 aliphatic heterocycles. The highest BCUT2D eigenvalue weighted by Crippen LogP contribution is 2.23. The minimum absolute atomic E-state index is 0.0102. The Kier molecular flexibility index (Phi) is 4.78. The number of nitriles is 1. The summed E-state index contributed by atoms with van der Waals surface area (Å²) < 4.78 is 39.0. The highest BCUT2D eigenvalue weighted by Gasteiger charge is 2.31. The summed E-state index contributed by atoms with van der Waals surface area (Å²) in [5.41, 5.74) is 0.230. The van der Waals surface area contributed by atoms with Crippen molar-refractivity contribution >= 4 is 16.0 Å². The Bertz CT molecular complexity index is 719. The van der Waals surface area contributed by atoms with Gasteiger partial charge in [0, 0.05) is 13.1 Å². The third-order valence-electron chi connectivity index (χ3n) is 3.73. The number of sulfonamides is 1. The molecule has 1 N–H and O–H groups in total. The number of carbonyl (C=O) groups is 1. The summed E-state index contributed by atoms with van der Waals surface area (Å²) in [6.45, 7) is 0.283. The van der Waals surface area contributed by atoms with Crippen molar-refractivity contribution in [1.82, 2.24) is 4.31 Å². The fourth-order valence-corrected chi connectivity index (χ4v) is 4.04.